The smallest absolute Gasteiger partial charge is 0.00452 e. The minimum atomic E-state index is 0.265. The lowest BCUT2D eigenvalue weighted by Crippen LogP contribution is -2.12. The van der Waals surface area contributed by atoms with Gasteiger partial charge >= 0.3 is 0 Å². The highest BCUT2D eigenvalue weighted by molar-refractivity contribution is 5.16. The van der Waals surface area contributed by atoms with E-state index in [4.69, 9.17) is 5.73 Å². The Morgan fingerprint density at radius 1 is 1.58 bits per heavy atom. The summed E-state index contributed by atoms with van der Waals surface area (Å²) in [6, 6.07) is 0.265. The van der Waals surface area contributed by atoms with Gasteiger partial charge in [0.05, 0.1) is 0 Å². The molecule has 0 aliphatic heterocycles. The molecule has 1 unspecified atom stereocenters. The summed E-state index contributed by atoms with van der Waals surface area (Å²) in [4.78, 5) is 0. The Morgan fingerprint density at radius 2 is 2.25 bits per heavy atom. The molecule has 0 amide bonds. The van der Waals surface area contributed by atoms with E-state index in [0.29, 0.717) is 0 Å². The van der Waals surface area contributed by atoms with Crippen molar-refractivity contribution >= 4 is 0 Å². The molecule has 70 valence electrons. The van der Waals surface area contributed by atoms with Gasteiger partial charge in [0.25, 0.3) is 0 Å². The van der Waals surface area contributed by atoms with Crippen molar-refractivity contribution in [1.82, 2.24) is 0 Å². The zero-order valence-electron chi connectivity index (χ0n) is 8.34. The van der Waals surface area contributed by atoms with Crippen molar-refractivity contribution in [3.8, 4) is 0 Å². The number of nitrogens with two attached hydrogens (primary N) is 1. The summed E-state index contributed by atoms with van der Waals surface area (Å²) in [7, 11) is 0. The maximum absolute atomic E-state index is 5.65. The van der Waals surface area contributed by atoms with Gasteiger partial charge in [0, 0.05) is 6.04 Å². The van der Waals surface area contributed by atoms with Crippen LogP contribution in [0.4, 0.5) is 0 Å². The van der Waals surface area contributed by atoms with Crippen LogP contribution < -0.4 is 5.73 Å². The van der Waals surface area contributed by atoms with Crippen molar-refractivity contribution in [2.24, 2.45) is 5.73 Å². The van der Waals surface area contributed by atoms with Gasteiger partial charge in [0.1, 0.15) is 0 Å². The van der Waals surface area contributed by atoms with Crippen LogP contribution in [0.25, 0.3) is 0 Å². The first-order chi connectivity index (χ1) is 5.70. The van der Waals surface area contributed by atoms with Crippen LogP contribution in [-0.2, 0) is 0 Å². The molecule has 0 rings (SSSR count). The van der Waals surface area contributed by atoms with Gasteiger partial charge in [-0.3, -0.25) is 0 Å². The van der Waals surface area contributed by atoms with E-state index in [0.717, 1.165) is 12.8 Å². The van der Waals surface area contributed by atoms with Crippen molar-refractivity contribution in [3.05, 3.63) is 24.3 Å². The summed E-state index contributed by atoms with van der Waals surface area (Å²) in [5.41, 5.74) is 6.99. The molecule has 12 heavy (non-hydrogen) atoms. The summed E-state index contributed by atoms with van der Waals surface area (Å²) in [6.07, 6.45) is 8.74. The van der Waals surface area contributed by atoms with Crippen molar-refractivity contribution in [1.29, 1.82) is 0 Å². The average molecular weight is 167 g/mol. The molecule has 1 atom stereocenters. The standard InChI is InChI=1S/C11H21N/c1-4-6-7-11(5-2)9-8-10(3)12/h5,9-10H,2,4,6-8,12H2,1,3H3/b11-9+. The lowest BCUT2D eigenvalue weighted by molar-refractivity contribution is 0.743. The predicted octanol–water partition coefficient (Wildman–Crippen LogP) is 3.03. The maximum atomic E-state index is 5.65. The van der Waals surface area contributed by atoms with E-state index in [2.05, 4.69) is 19.6 Å². The Bertz CT molecular complexity index is 145. The third kappa shape index (κ3) is 6.17. The second-order valence-corrected chi connectivity index (χ2v) is 3.30. The van der Waals surface area contributed by atoms with Gasteiger partial charge in [-0.05, 0) is 26.2 Å². The van der Waals surface area contributed by atoms with Gasteiger partial charge in [-0.1, -0.05) is 37.6 Å². The zero-order valence-corrected chi connectivity index (χ0v) is 8.34. The minimum absolute atomic E-state index is 0.265. The van der Waals surface area contributed by atoms with E-state index in [1.165, 1.54) is 18.4 Å². The molecule has 0 saturated heterocycles. The molecule has 0 bridgehead atoms. The highest BCUT2D eigenvalue weighted by Gasteiger charge is 1.93. The molecular weight excluding hydrogens is 146 g/mol. The molecule has 1 heteroatoms. The van der Waals surface area contributed by atoms with Gasteiger partial charge in [-0.2, -0.15) is 0 Å². The summed E-state index contributed by atoms with van der Waals surface area (Å²) < 4.78 is 0. The highest BCUT2D eigenvalue weighted by atomic mass is 14.6. The fourth-order valence-corrected chi connectivity index (χ4v) is 1.01. The second-order valence-electron chi connectivity index (χ2n) is 3.30. The van der Waals surface area contributed by atoms with E-state index in [-0.39, 0.29) is 6.04 Å². The Hall–Kier alpha value is -0.560. The van der Waals surface area contributed by atoms with Crippen LogP contribution in [0.2, 0.25) is 0 Å². The summed E-state index contributed by atoms with van der Waals surface area (Å²) >= 11 is 0. The number of hydrogen-bond donors (Lipinski definition) is 1. The van der Waals surface area contributed by atoms with Crippen molar-refractivity contribution in [3.63, 3.8) is 0 Å². The largest absolute Gasteiger partial charge is 0.328 e. The van der Waals surface area contributed by atoms with Crippen LogP contribution in [-0.4, -0.2) is 6.04 Å². The van der Waals surface area contributed by atoms with E-state index < -0.39 is 0 Å². The average Bonchev–Trinajstić information content (AvgIpc) is 2.05. The van der Waals surface area contributed by atoms with Crippen molar-refractivity contribution < 1.29 is 0 Å². The molecule has 0 aliphatic rings. The van der Waals surface area contributed by atoms with Crippen molar-refractivity contribution in [2.45, 2.75) is 45.6 Å². The molecule has 0 spiro atoms. The van der Waals surface area contributed by atoms with Crippen molar-refractivity contribution in [2.75, 3.05) is 0 Å². The van der Waals surface area contributed by atoms with Crippen LogP contribution in [0.5, 0.6) is 0 Å². The molecule has 0 aromatic carbocycles. The Kier molecular flexibility index (Phi) is 6.78. The van der Waals surface area contributed by atoms with E-state index >= 15 is 0 Å². The van der Waals surface area contributed by atoms with E-state index in [1.54, 1.807) is 0 Å². The lowest BCUT2D eigenvalue weighted by Gasteiger charge is -2.02. The molecular formula is C11H21N. The first-order valence-corrected chi connectivity index (χ1v) is 4.77. The molecule has 0 aromatic heterocycles. The minimum Gasteiger partial charge on any atom is -0.328 e. The fraction of sp³-hybridized carbons (Fsp3) is 0.636. The molecule has 2 N–H and O–H groups in total. The topological polar surface area (TPSA) is 26.0 Å². The molecule has 0 fully saturated rings. The van der Waals surface area contributed by atoms with Crippen LogP contribution in [0.3, 0.4) is 0 Å². The third-order valence-electron chi connectivity index (χ3n) is 1.83. The number of hydrogen-bond acceptors (Lipinski definition) is 1. The molecule has 0 aliphatic carbocycles. The SMILES string of the molecule is C=C/C(=C\CC(C)N)CCCC. The molecule has 0 radical (unpaired) electrons. The van der Waals surface area contributed by atoms with Gasteiger partial charge < -0.3 is 5.73 Å². The Labute approximate surface area is 76.3 Å². The maximum Gasteiger partial charge on any atom is 0.00452 e. The molecule has 0 aromatic rings. The van der Waals surface area contributed by atoms with Crippen LogP contribution in [0, 0.1) is 0 Å². The summed E-state index contributed by atoms with van der Waals surface area (Å²) in [5, 5.41) is 0. The van der Waals surface area contributed by atoms with E-state index in [1.807, 2.05) is 13.0 Å². The third-order valence-corrected chi connectivity index (χ3v) is 1.83. The molecule has 0 heterocycles. The summed E-state index contributed by atoms with van der Waals surface area (Å²) in [6.45, 7) is 8.01. The zero-order chi connectivity index (χ0) is 9.40. The number of rotatable bonds is 6. The Balaban J connectivity index is 3.78. The van der Waals surface area contributed by atoms with Gasteiger partial charge in [0.2, 0.25) is 0 Å². The van der Waals surface area contributed by atoms with Crippen LogP contribution in [0.15, 0.2) is 24.3 Å². The first-order valence-electron chi connectivity index (χ1n) is 4.77. The Morgan fingerprint density at radius 3 is 2.67 bits per heavy atom. The second kappa shape index (κ2) is 7.11. The lowest BCUT2D eigenvalue weighted by atomic mass is 10.1. The van der Waals surface area contributed by atoms with Crippen LogP contribution in [0.1, 0.15) is 39.5 Å². The van der Waals surface area contributed by atoms with Crippen LogP contribution >= 0.6 is 0 Å². The molecule has 0 saturated carbocycles. The van der Waals surface area contributed by atoms with Gasteiger partial charge in [-0.25, -0.2) is 0 Å². The van der Waals surface area contributed by atoms with E-state index in [9.17, 15) is 0 Å². The first kappa shape index (κ1) is 11.4. The normalized spacial score (nSPS) is 14.4. The number of allylic oxidation sites excluding steroid dienone is 2. The summed E-state index contributed by atoms with van der Waals surface area (Å²) in [5.74, 6) is 0. The quantitative estimate of drug-likeness (QED) is 0.605. The predicted molar refractivity (Wildman–Crippen MR) is 56.1 cm³/mol. The van der Waals surface area contributed by atoms with Gasteiger partial charge in [-0.15, -0.1) is 0 Å². The highest BCUT2D eigenvalue weighted by Crippen LogP contribution is 2.09. The van der Waals surface area contributed by atoms with Gasteiger partial charge in [0.15, 0.2) is 0 Å². The fourth-order valence-electron chi connectivity index (χ4n) is 1.01. The molecule has 1 nitrogen and oxygen atoms in total. The number of unbranched alkanes of at least 4 members (excludes halogenated alkanes) is 1. The monoisotopic (exact) mass is 167 g/mol.